The second-order valence-electron chi connectivity index (χ2n) is 5.30. The minimum Gasteiger partial charge on any atom is -0.399 e. The van der Waals surface area contributed by atoms with Crippen molar-refractivity contribution in [2.75, 3.05) is 11.5 Å². The molecule has 0 unspecified atom stereocenters. The van der Waals surface area contributed by atoms with Gasteiger partial charge >= 0.3 is 0 Å². The van der Waals surface area contributed by atoms with E-state index in [2.05, 4.69) is 0 Å². The summed E-state index contributed by atoms with van der Waals surface area (Å²) >= 11 is 6.35. The van der Waals surface area contributed by atoms with Gasteiger partial charge in [0.15, 0.2) is 0 Å². The number of nitrogens with two attached hydrogens (primary N) is 2. The van der Waals surface area contributed by atoms with Gasteiger partial charge in [0.2, 0.25) is 0 Å². The van der Waals surface area contributed by atoms with Crippen LogP contribution in [0.4, 0.5) is 11.4 Å². The maximum absolute atomic E-state index is 6.35. The first-order valence-electron chi connectivity index (χ1n) is 7.32. The van der Waals surface area contributed by atoms with Crippen molar-refractivity contribution in [3.05, 3.63) is 82.9 Å². The molecule has 0 radical (unpaired) electrons. The second kappa shape index (κ2) is 6.59. The molecule has 0 aromatic heterocycles. The fraction of sp³-hybridized carbons (Fsp3) is 0. The van der Waals surface area contributed by atoms with Gasteiger partial charge in [-0.1, -0.05) is 72.3 Å². The summed E-state index contributed by atoms with van der Waals surface area (Å²) in [7, 11) is 0. The second-order valence-corrected chi connectivity index (χ2v) is 5.70. The molecular formula is C20H17ClN2. The van der Waals surface area contributed by atoms with Crippen molar-refractivity contribution in [2.24, 2.45) is 0 Å². The lowest BCUT2D eigenvalue weighted by Crippen LogP contribution is -1.96. The molecule has 0 saturated carbocycles. The Hall–Kier alpha value is -2.71. The summed E-state index contributed by atoms with van der Waals surface area (Å²) in [5, 5.41) is 0.673. The topological polar surface area (TPSA) is 52.0 Å². The number of anilines is 2. The van der Waals surface area contributed by atoms with E-state index in [4.69, 9.17) is 23.1 Å². The molecule has 0 fully saturated rings. The van der Waals surface area contributed by atoms with Crippen LogP contribution in [0.2, 0.25) is 5.02 Å². The molecule has 0 amide bonds. The predicted octanol–water partition coefficient (Wildman–Crippen LogP) is 5.34. The van der Waals surface area contributed by atoms with Crippen molar-refractivity contribution in [1.29, 1.82) is 0 Å². The van der Waals surface area contributed by atoms with Gasteiger partial charge in [-0.2, -0.15) is 0 Å². The van der Waals surface area contributed by atoms with Gasteiger partial charge in [0.1, 0.15) is 0 Å². The molecule has 0 aliphatic rings. The highest BCUT2D eigenvalue weighted by molar-refractivity contribution is 6.33. The molecule has 0 aliphatic carbocycles. The first kappa shape index (κ1) is 15.2. The molecule has 3 heteroatoms. The highest BCUT2D eigenvalue weighted by atomic mass is 35.5. The smallest absolute Gasteiger partial charge is 0.0484 e. The van der Waals surface area contributed by atoms with Crippen molar-refractivity contribution in [3.63, 3.8) is 0 Å². The van der Waals surface area contributed by atoms with Gasteiger partial charge in [0.05, 0.1) is 0 Å². The third kappa shape index (κ3) is 3.38. The molecule has 0 aliphatic heterocycles. The minimum atomic E-state index is 0.620. The lowest BCUT2D eigenvalue weighted by atomic mass is 9.96. The van der Waals surface area contributed by atoms with Crippen LogP contribution in [-0.4, -0.2) is 0 Å². The van der Waals surface area contributed by atoms with Crippen LogP contribution in [0.5, 0.6) is 0 Å². The van der Waals surface area contributed by atoms with Crippen molar-refractivity contribution >= 4 is 35.1 Å². The summed E-state index contributed by atoms with van der Waals surface area (Å²) in [5.74, 6) is 0. The molecule has 3 aromatic rings. The maximum Gasteiger partial charge on any atom is 0.0484 e. The zero-order chi connectivity index (χ0) is 16.2. The van der Waals surface area contributed by atoms with Crippen LogP contribution in [-0.2, 0) is 0 Å². The Morgan fingerprint density at radius 1 is 0.739 bits per heavy atom. The van der Waals surface area contributed by atoms with Gasteiger partial charge in [-0.3, -0.25) is 0 Å². The Morgan fingerprint density at radius 3 is 2.17 bits per heavy atom. The summed E-state index contributed by atoms with van der Waals surface area (Å²) in [5.41, 5.74) is 17.3. The van der Waals surface area contributed by atoms with Crippen LogP contribution < -0.4 is 11.5 Å². The Labute approximate surface area is 141 Å². The van der Waals surface area contributed by atoms with Crippen LogP contribution in [0.1, 0.15) is 11.1 Å². The van der Waals surface area contributed by atoms with Gasteiger partial charge in [-0.25, -0.2) is 0 Å². The van der Waals surface area contributed by atoms with E-state index in [1.54, 1.807) is 6.07 Å². The van der Waals surface area contributed by atoms with Crippen LogP contribution in [0.3, 0.4) is 0 Å². The Kier molecular flexibility index (Phi) is 4.35. The zero-order valence-electron chi connectivity index (χ0n) is 12.5. The molecule has 0 heterocycles. The van der Waals surface area contributed by atoms with E-state index in [0.717, 1.165) is 22.3 Å². The largest absolute Gasteiger partial charge is 0.399 e. The van der Waals surface area contributed by atoms with Gasteiger partial charge in [0, 0.05) is 27.5 Å². The first-order valence-corrected chi connectivity index (χ1v) is 7.70. The molecule has 3 aromatic carbocycles. The molecular weight excluding hydrogens is 304 g/mol. The van der Waals surface area contributed by atoms with Crippen LogP contribution in [0, 0.1) is 0 Å². The number of rotatable bonds is 3. The van der Waals surface area contributed by atoms with E-state index in [0.29, 0.717) is 16.4 Å². The standard InChI is InChI=1S/C20H17ClN2/c21-19-9-5-4-8-16(19)18-12-15(22)13-20(23)17(18)11-10-14-6-2-1-3-7-14/h1-13H,22-23H2. The van der Waals surface area contributed by atoms with E-state index in [1.807, 2.05) is 72.8 Å². The van der Waals surface area contributed by atoms with E-state index in [-0.39, 0.29) is 0 Å². The van der Waals surface area contributed by atoms with Gasteiger partial charge in [0.25, 0.3) is 0 Å². The maximum atomic E-state index is 6.35. The molecule has 3 rings (SSSR count). The predicted molar refractivity (Wildman–Crippen MR) is 101 cm³/mol. The average molecular weight is 321 g/mol. The van der Waals surface area contributed by atoms with Gasteiger partial charge in [-0.05, 0) is 29.3 Å². The van der Waals surface area contributed by atoms with E-state index < -0.39 is 0 Å². The highest BCUT2D eigenvalue weighted by Gasteiger charge is 2.10. The van der Waals surface area contributed by atoms with Crippen molar-refractivity contribution < 1.29 is 0 Å². The van der Waals surface area contributed by atoms with Crippen LogP contribution in [0.25, 0.3) is 23.3 Å². The van der Waals surface area contributed by atoms with E-state index in [9.17, 15) is 0 Å². The zero-order valence-corrected chi connectivity index (χ0v) is 13.3. The van der Waals surface area contributed by atoms with Gasteiger partial charge < -0.3 is 11.5 Å². The quantitative estimate of drug-likeness (QED) is 0.505. The molecule has 0 bridgehead atoms. The normalized spacial score (nSPS) is 11.0. The molecule has 0 atom stereocenters. The van der Waals surface area contributed by atoms with Crippen molar-refractivity contribution in [2.45, 2.75) is 0 Å². The Balaban J connectivity index is 2.13. The lowest BCUT2D eigenvalue weighted by Gasteiger charge is -2.12. The lowest BCUT2D eigenvalue weighted by molar-refractivity contribution is 1.58. The van der Waals surface area contributed by atoms with Crippen LogP contribution in [0.15, 0.2) is 66.7 Å². The number of benzene rings is 3. The fourth-order valence-electron chi connectivity index (χ4n) is 2.53. The number of hydrogen-bond acceptors (Lipinski definition) is 2. The number of nitrogen functional groups attached to an aromatic ring is 2. The summed E-state index contributed by atoms with van der Waals surface area (Å²) in [6, 6.07) is 21.4. The van der Waals surface area contributed by atoms with Crippen molar-refractivity contribution in [3.8, 4) is 11.1 Å². The van der Waals surface area contributed by atoms with Crippen molar-refractivity contribution in [1.82, 2.24) is 0 Å². The Bertz CT molecular complexity index is 855. The molecule has 0 saturated heterocycles. The van der Waals surface area contributed by atoms with Gasteiger partial charge in [-0.15, -0.1) is 0 Å². The highest BCUT2D eigenvalue weighted by Crippen LogP contribution is 2.35. The number of halogens is 1. The molecule has 4 N–H and O–H groups in total. The summed E-state index contributed by atoms with van der Waals surface area (Å²) < 4.78 is 0. The average Bonchev–Trinajstić information content (AvgIpc) is 2.55. The first-order chi connectivity index (χ1) is 11.1. The van der Waals surface area contributed by atoms with E-state index >= 15 is 0 Å². The molecule has 2 nitrogen and oxygen atoms in total. The number of hydrogen-bond donors (Lipinski definition) is 2. The molecule has 114 valence electrons. The molecule has 0 spiro atoms. The third-order valence-electron chi connectivity index (χ3n) is 3.64. The van der Waals surface area contributed by atoms with E-state index in [1.165, 1.54) is 0 Å². The Morgan fingerprint density at radius 2 is 1.43 bits per heavy atom. The summed E-state index contributed by atoms with van der Waals surface area (Å²) in [6.07, 6.45) is 4.03. The summed E-state index contributed by atoms with van der Waals surface area (Å²) in [6.45, 7) is 0. The monoisotopic (exact) mass is 320 g/mol. The minimum absolute atomic E-state index is 0.620. The molecule has 23 heavy (non-hydrogen) atoms. The van der Waals surface area contributed by atoms with Crippen LogP contribution >= 0.6 is 11.6 Å². The third-order valence-corrected chi connectivity index (χ3v) is 3.97. The SMILES string of the molecule is Nc1cc(N)c(C=Cc2ccccc2)c(-c2ccccc2Cl)c1. The summed E-state index contributed by atoms with van der Waals surface area (Å²) in [4.78, 5) is 0. The fourth-order valence-corrected chi connectivity index (χ4v) is 2.77.